The molecule has 1 aromatic heterocycles. The van der Waals surface area contributed by atoms with Crippen LogP contribution in [0.4, 0.5) is 23.2 Å². The molecule has 0 unspecified atom stereocenters. The number of anilines is 1. The molecule has 146 valence electrons. The average Bonchev–Trinajstić information content (AvgIpc) is 2.95. The number of alkyl halides is 3. The number of nitrogens with one attached hydrogen (secondary N) is 1. The quantitative estimate of drug-likeness (QED) is 0.565. The average molecular weight is 415 g/mol. The van der Waals surface area contributed by atoms with Crippen LogP contribution in [0.15, 0.2) is 47.0 Å². The Kier molecular flexibility index (Phi) is 5.28. The fourth-order valence-corrected chi connectivity index (χ4v) is 2.75. The molecular formula is C18H11ClF4N2O3. The van der Waals surface area contributed by atoms with Gasteiger partial charge in [-0.05, 0) is 31.2 Å². The maximum absolute atomic E-state index is 14.2. The van der Waals surface area contributed by atoms with Crippen molar-refractivity contribution in [2.75, 3.05) is 5.32 Å². The van der Waals surface area contributed by atoms with Gasteiger partial charge in [0.25, 0.3) is 5.91 Å². The lowest BCUT2D eigenvalue weighted by Crippen LogP contribution is -2.17. The first-order valence-corrected chi connectivity index (χ1v) is 8.11. The molecule has 0 fully saturated rings. The Morgan fingerprint density at radius 2 is 1.93 bits per heavy atom. The van der Waals surface area contributed by atoms with Crippen LogP contribution in [0.25, 0.3) is 11.3 Å². The molecule has 3 aromatic rings. The minimum Gasteiger partial charge on any atom is -0.406 e. The summed E-state index contributed by atoms with van der Waals surface area (Å²) in [5.74, 6) is -1.91. The van der Waals surface area contributed by atoms with Crippen molar-refractivity contribution in [3.63, 3.8) is 0 Å². The van der Waals surface area contributed by atoms with Crippen LogP contribution >= 0.6 is 11.6 Å². The topological polar surface area (TPSA) is 64.4 Å². The smallest absolute Gasteiger partial charge is 0.406 e. The van der Waals surface area contributed by atoms with Crippen LogP contribution in [0.5, 0.6) is 5.75 Å². The molecule has 0 radical (unpaired) electrons. The van der Waals surface area contributed by atoms with E-state index >= 15 is 0 Å². The Morgan fingerprint density at radius 1 is 1.21 bits per heavy atom. The van der Waals surface area contributed by atoms with E-state index in [0.29, 0.717) is 0 Å². The van der Waals surface area contributed by atoms with E-state index in [1.54, 1.807) is 0 Å². The van der Waals surface area contributed by atoms with E-state index in [-0.39, 0.29) is 33.3 Å². The van der Waals surface area contributed by atoms with E-state index in [1.807, 2.05) is 0 Å². The van der Waals surface area contributed by atoms with Gasteiger partial charge in [-0.15, -0.1) is 13.2 Å². The van der Waals surface area contributed by atoms with Crippen LogP contribution < -0.4 is 10.1 Å². The number of carbonyl (C=O) groups is 1. The highest BCUT2D eigenvalue weighted by Crippen LogP contribution is 2.34. The van der Waals surface area contributed by atoms with Crippen LogP contribution in [0.3, 0.4) is 0 Å². The molecule has 0 atom stereocenters. The van der Waals surface area contributed by atoms with E-state index in [9.17, 15) is 22.4 Å². The van der Waals surface area contributed by atoms with Crippen molar-refractivity contribution in [3.8, 4) is 17.0 Å². The summed E-state index contributed by atoms with van der Waals surface area (Å²) in [5, 5.41) is 6.13. The summed E-state index contributed by atoms with van der Waals surface area (Å²) in [6, 6.07) is 8.66. The van der Waals surface area contributed by atoms with Gasteiger partial charge in [-0.2, -0.15) is 0 Å². The second-order valence-electron chi connectivity index (χ2n) is 5.59. The summed E-state index contributed by atoms with van der Waals surface area (Å²) in [6.07, 6.45) is -4.87. The molecule has 0 saturated carbocycles. The van der Waals surface area contributed by atoms with E-state index in [2.05, 4.69) is 15.2 Å². The Labute approximate surface area is 160 Å². The summed E-state index contributed by atoms with van der Waals surface area (Å²) in [6.45, 7) is 1.43. The number of benzene rings is 2. The molecule has 3 rings (SSSR count). The third kappa shape index (κ3) is 4.25. The minimum absolute atomic E-state index is 0.0166. The molecule has 0 bridgehead atoms. The Bertz CT molecular complexity index is 1010. The normalized spacial score (nSPS) is 11.4. The van der Waals surface area contributed by atoms with Crippen molar-refractivity contribution in [3.05, 3.63) is 64.6 Å². The van der Waals surface area contributed by atoms with Crippen molar-refractivity contribution in [1.29, 1.82) is 0 Å². The number of aryl methyl sites for hydroxylation is 1. The van der Waals surface area contributed by atoms with Gasteiger partial charge in [0.05, 0.1) is 10.6 Å². The zero-order valence-corrected chi connectivity index (χ0v) is 14.9. The first kappa shape index (κ1) is 19.7. The third-order valence-corrected chi connectivity index (χ3v) is 3.93. The Morgan fingerprint density at radius 3 is 2.61 bits per heavy atom. The van der Waals surface area contributed by atoms with Gasteiger partial charge in [0.2, 0.25) is 0 Å². The van der Waals surface area contributed by atoms with Crippen molar-refractivity contribution in [2.45, 2.75) is 13.3 Å². The zero-order chi connectivity index (χ0) is 20.5. The van der Waals surface area contributed by atoms with Gasteiger partial charge in [-0.25, -0.2) is 4.39 Å². The molecule has 28 heavy (non-hydrogen) atoms. The Balaban J connectivity index is 1.93. The number of rotatable bonds is 4. The molecule has 1 heterocycles. The lowest BCUT2D eigenvalue weighted by atomic mass is 10.0. The number of hydrogen-bond acceptors (Lipinski definition) is 4. The van der Waals surface area contributed by atoms with Gasteiger partial charge in [-0.1, -0.05) is 28.9 Å². The monoisotopic (exact) mass is 414 g/mol. The first-order valence-electron chi connectivity index (χ1n) is 7.73. The minimum atomic E-state index is -4.87. The van der Waals surface area contributed by atoms with Crippen LogP contribution in [0.2, 0.25) is 5.02 Å². The van der Waals surface area contributed by atoms with Crippen molar-refractivity contribution >= 4 is 23.2 Å². The zero-order valence-electron chi connectivity index (χ0n) is 14.1. The molecule has 1 N–H and O–H groups in total. The lowest BCUT2D eigenvalue weighted by molar-refractivity contribution is -0.274. The second kappa shape index (κ2) is 7.51. The molecule has 0 spiro atoms. The number of nitrogens with zero attached hydrogens (tertiary/aromatic N) is 1. The van der Waals surface area contributed by atoms with Crippen molar-refractivity contribution < 1.29 is 31.6 Å². The molecule has 0 saturated heterocycles. The maximum atomic E-state index is 14.2. The highest BCUT2D eigenvalue weighted by atomic mass is 35.5. The van der Waals surface area contributed by atoms with E-state index < -0.39 is 23.8 Å². The summed E-state index contributed by atoms with van der Waals surface area (Å²) >= 11 is 6.02. The summed E-state index contributed by atoms with van der Waals surface area (Å²) < 4.78 is 60.1. The van der Waals surface area contributed by atoms with Gasteiger partial charge in [0, 0.05) is 11.8 Å². The maximum Gasteiger partial charge on any atom is 0.573 e. The van der Waals surface area contributed by atoms with Crippen LogP contribution in [0.1, 0.15) is 16.1 Å². The predicted octanol–water partition coefficient (Wildman–Crippen LogP) is 5.59. The molecule has 10 heteroatoms. The number of halogens is 5. The molecule has 5 nitrogen and oxygen atoms in total. The summed E-state index contributed by atoms with van der Waals surface area (Å²) in [7, 11) is 0. The highest BCUT2D eigenvalue weighted by Gasteiger charge is 2.31. The van der Waals surface area contributed by atoms with Crippen molar-refractivity contribution in [2.24, 2.45) is 0 Å². The summed E-state index contributed by atoms with van der Waals surface area (Å²) in [5.41, 5.74) is -0.326. The van der Waals surface area contributed by atoms with E-state index in [1.165, 1.54) is 31.2 Å². The predicted molar refractivity (Wildman–Crippen MR) is 92.7 cm³/mol. The third-order valence-electron chi connectivity index (χ3n) is 3.61. The summed E-state index contributed by atoms with van der Waals surface area (Å²) in [4.78, 5) is 12.7. The van der Waals surface area contributed by atoms with Gasteiger partial charge in [0.1, 0.15) is 28.6 Å². The molecule has 0 aliphatic heterocycles. The first-order chi connectivity index (χ1) is 13.2. The van der Waals surface area contributed by atoms with Gasteiger partial charge >= 0.3 is 6.36 Å². The SMILES string of the molecule is Cc1onc(-c2c(F)cccc2Cl)c1C(=O)Nc1cccc(OC(F)(F)F)c1. The van der Waals surface area contributed by atoms with Gasteiger partial charge in [-0.3, -0.25) is 4.79 Å². The molecule has 1 amide bonds. The number of aromatic nitrogens is 1. The largest absolute Gasteiger partial charge is 0.573 e. The molecule has 0 aliphatic carbocycles. The molecule has 0 aliphatic rings. The second-order valence-corrected chi connectivity index (χ2v) is 6.00. The van der Waals surface area contributed by atoms with Gasteiger partial charge in [0.15, 0.2) is 0 Å². The van der Waals surface area contributed by atoms with Crippen LogP contribution in [-0.2, 0) is 0 Å². The fourth-order valence-electron chi connectivity index (χ4n) is 2.50. The van der Waals surface area contributed by atoms with Gasteiger partial charge < -0.3 is 14.6 Å². The van der Waals surface area contributed by atoms with E-state index in [0.717, 1.165) is 18.2 Å². The molecular weight excluding hydrogens is 404 g/mol. The molecule has 2 aromatic carbocycles. The van der Waals surface area contributed by atoms with E-state index in [4.69, 9.17) is 16.1 Å². The number of amides is 1. The highest BCUT2D eigenvalue weighted by molar-refractivity contribution is 6.33. The fraction of sp³-hybridized carbons (Fsp3) is 0.111. The standard InChI is InChI=1S/C18H11ClF4N2O3/c1-9-14(16(25-28-9)15-12(19)6-3-7-13(15)20)17(26)24-10-4-2-5-11(8-10)27-18(21,22)23/h2-8H,1H3,(H,24,26). The lowest BCUT2D eigenvalue weighted by Gasteiger charge is -2.11. The number of ether oxygens (including phenoxy) is 1. The number of hydrogen-bond donors (Lipinski definition) is 1. The number of carbonyl (C=O) groups excluding carboxylic acids is 1. The Hall–Kier alpha value is -3.07. The van der Waals surface area contributed by atoms with Crippen molar-refractivity contribution in [1.82, 2.24) is 5.16 Å². The van der Waals surface area contributed by atoms with Crippen LogP contribution in [-0.4, -0.2) is 17.4 Å². The van der Waals surface area contributed by atoms with Crippen LogP contribution in [0, 0.1) is 12.7 Å².